The van der Waals surface area contributed by atoms with Gasteiger partial charge < -0.3 is 0 Å². The van der Waals surface area contributed by atoms with Gasteiger partial charge in [0.1, 0.15) is 10.7 Å². The first-order valence-corrected chi connectivity index (χ1v) is 11.8. The molecule has 0 aliphatic heterocycles. The minimum atomic E-state index is -3.75. The molecule has 0 aliphatic rings. The summed E-state index contributed by atoms with van der Waals surface area (Å²) >= 11 is 1.42. The average Bonchev–Trinajstić information content (AvgIpc) is 3.31. The number of aromatic nitrogens is 3. The Hall–Kier alpha value is -3.14. The van der Waals surface area contributed by atoms with Gasteiger partial charge >= 0.3 is 0 Å². The fourth-order valence-electron chi connectivity index (χ4n) is 3.45. The third-order valence-corrected chi connectivity index (χ3v) is 7.69. The summed E-state index contributed by atoms with van der Waals surface area (Å²) in [6.45, 7) is 2.07. The van der Waals surface area contributed by atoms with Crippen molar-refractivity contribution in [1.29, 1.82) is 0 Å². The van der Waals surface area contributed by atoms with Gasteiger partial charge in [-0.1, -0.05) is 29.5 Å². The molecule has 0 aliphatic carbocycles. The first-order valence-electron chi connectivity index (χ1n) is 9.49. The molecule has 1 N–H and O–H groups in total. The van der Waals surface area contributed by atoms with Crippen LogP contribution in [0.2, 0.25) is 0 Å². The Morgan fingerprint density at radius 2 is 1.87 bits per heavy atom. The van der Waals surface area contributed by atoms with E-state index in [-0.39, 0.29) is 17.3 Å². The Bertz CT molecular complexity index is 1520. The Morgan fingerprint density at radius 3 is 2.65 bits per heavy atom. The van der Waals surface area contributed by atoms with E-state index in [1.165, 1.54) is 23.5 Å². The summed E-state index contributed by atoms with van der Waals surface area (Å²) in [5, 5.41) is 0.768. The predicted molar refractivity (Wildman–Crippen MR) is 119 cm³/mol. The van der Waals surface area contributed by atoms with E-state index in [9.17, 15) is 12.8 Å². The van der Waals surface area contributed by atoms with Crippen molar-refractivity contribution in [2.45, 2.75) is 18.4 Å². The van der Waals surface area contributed by atoms with Crippen molar-refractivity contribution in [2.24, 2.45) is 0 Å². The maximum absolute atomic E-state index is 13.2. The van der Waals surface area contributed by atoms with Crippen LogP contribution >= 0.6 is 11.3 Å². The number of imidazole rings is 1. The van der Waals surface area contributed by atoms with Gasteiger partial charge in [0, 0.05) is 40.5 Å². The lowest BCUT2D eigenvalue weighted by Crippen LogP contribution is -2.23. The third-order valence-electron chi connectivity index (χ3n) is 5.10. The van der Waals surface area contributed by atoms with Gasteiger partial charge in [0.2, 0.25) is 10.0 Å². The molecule has 156 valence electrons. The fourth-order valence-corrected chi connectivity index (χ4v) is 5.76. The van der Waals surface area contributed by atoms with E-state index in [1.54, 1.807) is 36.5 Å². The summed E-state index contributed by atoms with van der Waals surface area (Å²) < 4.78 is 43.7. The molecule has 3 heterocycles. The Morgan fingerprint density at radius 1 is 1.10 bits per heavy atom. The normalized spacial score (nSPS) is 12.1. The number of thiazole rings is 1. The number of hydrogen-bond donors (Lipinski definition) is 1. The minimum absolute atomic E-state index is 0.150. The summed E-state index contributed by atoms with van der Waals surface area (Å²) in [5.74, 6) is -0.295. The highest BCUT2D eigenvalue weighted by Crippen LogP contribution is 2.28. The van der Waals surface area contributed by atoms with Crippen LogP contribution in [0.5, 0.6) is 0 Å². The number of rotatable bonds is 5. The summed E-state index contributed by atoms with van der Waals surface area (Å²) in [4.78, 5) is 10.6. The van der Waals surface area contributed by atoms with Crippen LogP contribution in [0.3, 0.4) is 0 Å². The first-order chi connectivity index (χ1) is 14.9. The average molecular weight is 453 g/mol. The molecule has 0 atom stereocenters. The van der Waals surface area contributed by atoms with Crippen LogP contribution in [-0.4, -0.2) is 22.8 Å². The zero-order valence-corrected chi connectivity index (χ0v) is 18.0. The molecule has 2 aromatic carbocycles. The lowest BCUT2D eigenvalue weighted by atomic mass is 10.2. The number of nitrogens with one attached hydrogen (secondary N) is 1. The van der Waals surface area contributed by atoms with E-state index in [0.717, 1.165) is 32.2 Å². The van der Waals surface area contributed by atoms with Gasteiger partial charge in [0.15, 0.2) is 4.96 Å². The largest absolute Gasteiger partial charge is 0.294 e. The quantitative estimate of drug-likeness (QED) is 0.425. The van der Waals surface area contributed by atoms with Crippen molar-refractivity contribution in [3.63, 3.8) is 0 Å². The molecule has 6 nitrogen and oxygen atoms in total. The lowest BCUT2D eigenvalue weighted by molar-refractivity contribution is 0.582. The number of sulfonamides is 1. The van der Waals surface area contributed by atoms with Crippen LogP contribution < -0.4 is 4.72 Å². The molecule has 0 saturated carbocycles. The highest BCUT2D eigenvalue weighted by molar-refractivity contribution is 7.89. The maximum Gasteiger partial charge on any atom is 0.243 e. The number of halogens is 1. The number of benzene rings is 2. The molecule has 0 radical (unpaired) electrons. The van der Waals surface area contributed by atoms with Gasteiger partial charge in [-0.15, -0.1) is 0 Å². The van der Waals surface area contributed by atoms with Crippen molar-refractivity contribution < 1.29 is 12.8 Å². The first kappa shape index (κ1) is 19.8. The number of aryl methyl sites for hydroxylation is 1. The molecule has 5 rings (SSSR count). The van der Waals surface area contributed by atoms with E-state index in [1.807, 2.05) is 29.7 Å². The highest BCUT2D eigenvalue weighted by Gasteiger charge is 2.20. The van der Waals surface area contributed by atoms with Crippen molar-refractivity contribution >= 4 is 37.2 Å². The van der Waals surface area contributed by atoms with E-state index >= 15 is 0 Å². The SMILES string of the molecule is Cc1c(CNS(=O)(=O)c2cccc3cccnc23)sc2nc(-c3ccc(F)cc3)cn12. The van der Waals surface area contributed by atoms with Crippen molar-refractivity contribution in [3.8, 4) is 11.3 Å². The van der Waals surface area contributed by atoms with Gasteiger partial charge in [-0.05, 0) is 43.3 Å². The standard InChI is InChI=1S/C22H17FN4O2S2/c1-14-19(30-22-26-18(13-27(14)22)15-7-9-17(23)10-8-15)12-25-31(28,29)20-6-2-4-16-5-3-11-24-21(16)20/h2-11,13,25H,12H2,1H3. The Balaban J connectivity index is 1.42. The van der Waals surface area contributed by atoms with Crippen molar-refractivity contribution in [1.82, 2.24) is 19.1 Å². The summed E-state index contributed by atoms with van der Waals surface area (Å²) in [6.07, 6.45) is 3.46. The number of fused-ring (bicyclic) bond motifs is 2. The zero-order valence-electron chi connectivity index (χ0n) is 16.4. The monoisotopic (exact) mass is 452 g/mol. The topological polar surface area (TPSA) is 76.4 Å². The van der Waals surface area contributed by atoms with Crippen LogP contribution in [0, 0.1) is 12.7 Å². The van der Waals surface area contributed by atoms with Crippen LogP contribution in [0.25, 0.3) is 27.1 Å². The fraction of sp³-hybridized carbons (Fsp3) is 0.0909. The van der Waals surface area contributed by atoms with Gasteiger partial charge in [-0.25, -0.2) is 22.5 Å². The van der Waals surface area contributed by atoms with Gasteiger partial charge in [-0.3, -0.25) is 9.38 Å². The molecular formula is C22H17FN4O2S2. The van der Waals surface area contributed by atoms with Crippen LogP contribution in [0.1, 0.15) is 10.6 Å². The minimum Gasteiger partial charge on any atom is -0.294 e. The summed E-state index contributed by atoms with van der Waals surface area (Å²) in [7, 11) is -3.75. The van der Waals surface area contributed by atoms with Crippen LogP contribution in [0.4, 0.5) is 4.39 Å². The molecule has 0 spiro atoms. The summed E-state index contributed by atoms with van der Waals surface area (Å²) in [6, 6.07) is 14.9. The molecule has 0 bridgehead atoms. The second kappa shape index (κ2) is 7.52. The van der Waals surface area contributed by atoms with E-state index in [0.29, 0.717) is 5.52 Å². The molecule has 5 aromatic rings. The van der Waals surface area contributed by atoms with Crippen molar-refractivity contribution in [2.75, 3.05) is 0 Å². The Labute approximate surface area is 182 Å². The van der Waals surface area contributed by atoms with Crippen molar-refractivity contribution in [3.05, 3.63) is 83.4 Å². The molecule has 0 unspecified atom stereocenters. The number of hydrogen-bond acceptors (Lipinski definition) is 5. The molecule has 0 saturated heterocycles. The van der Waals surface area contributed by atoms with Crippen LogP contribution in [-0.2, 0) is 16.6 Å². The highest BCUT2D eigenvalue weighted by atomic mass is 32.2. The Kier molecular flexibility index (Phi) is 4.81. The van der Waals surface area contributed by atoms with E-state index < -0.39 is 10.0 Å². The number of pyridine rings is 1. The number of nitrogens with zero attached hydrogens (tertiary/aromatic N) is 3. The molecule has 0 fully saturated rings. The van der Waals surface area contributed by atoms with E-state index in [2.05, 4.69) is 14.7 Å². The van der Waals surface area contributed by atoms with Gasteiger partial charge in [0.05, 0.1) is 11.2 Å². The molecular weight excluding hydrogens is 435 g/mol. The maximum atomic E-state index is 13.2. The molecule has 3 aromatic heterocycles. The van der Waals surface area contributed by atoms with E-state index in [4.69, 9.17) is 0 Å². The molecule has 0 amide bonds. The van der Waals surface area contributed by atoms with Crippen LogP contribution in [0.15, 0.2) is 71.9 Å². The predicted octanol–water partition coefficient (Wildman–Crippen LogP) is 4.54. The molecule has 9 heteroatoms. The second-order valence-electron chi connectivity index (χ2n) is 7.05. The lowest BCUT2D eigenvalue weighted by Gasteiger charge is -2.08. The summed E-state index contributed by atoms with van der Waals surface area (Å²) in [5.41, 5.74) is 2.91. The van der Waals surface area contributed by atoms with Gasteiger partial charge in [-0.2, -0.15) is 0 Å². The zero-order chi connectivity index (χ0) is 21.6. The second-order valence-corrected chi connectivity index (χ2v) is 9.85. The van der Waals surface area contributed by atoms with Gasteiger partial charge in [0.25, 0.3) is 0 Å². The smallest absolute Gasteiger partial charge is 0.243 e. The third kappa shape index (κ3) is 3.60. The molecule has 31 heavy (non-hydrogen) atoms. The number of para-hydroxylation sites is 1.